The number of rotatable bonds is 4. The lowest BCUT2D eigenvalue weighted by Crippen LogP contribution is -2.38. The zero-order valence-corrected chi connectivity index (χ0v) is 17.9. The van der Waals surface area contributed by atoms with Crippen LogP contribution in [0.3, 0.4) is 0 Å². The standard InChI is InChI=1S/C18H22N6O4S/c1-9-7-10(22-28-9)19-11(25)8-29-14-12-13(20-16(21-14)18(2,3)4)23(5)17(27)24(6)15(12)26/h7H,8H2,1-6H3,(H,19,22,25). The normalized spacial score (nSPS) is 11.8. The summed E-state index contributed by atoms with van der Waals surface area (Å²) >= 11 is 1.10. The fourth-order valence-electron chi connectivity index (χ4n) is 2.61. The Balaban J connectivity index is 2.04. The second-order valence-electron chi connectivity index (χ2n) is 7.67. The molecule has 11 heteroatoms. The molecule has 3 aromatic heterocycles. The molecule has 0 radical (unpaired) electrons. The van der Waals surface area contributed by atoms with Crippen LogP contribution in [0.5, 0.6) is 0 Å². The smallest absolute Gasteiger partial charge is 0.332 e. The molecule has 10 nitrogen and oxygen atoms in total. The number of fused-ring (bicyclic) bond motifs is 1. The van der Waals surface area contributed by atoms with Crippen LogP contribution < -0.4 is 16.6 Å². The lowest BCUT2D eigenvalue weighted by atomic mass is 9.96. The first-order valence-electron chi connectivity index (χ1n) is 8.83. The lowest BCUT2D eigenvalue weighted by molar-refractivity contribution is -0.113. The highest BCUT2D eigenvalue weighted by Crippen LogP contribution is 2.27. The Labute approximate surface area is 170 Å². The Kier molecular flexibility index (Phi) is 5.35. The average molecular weight is 418 g/mol. The van der Waals surface area contributed by atoms with Gasteiger partial charge in [-0.25, -0.2) is 14.8 Å². The average Bonchev–Trinajstić information content (AvgIpc) is 3.06. The van der Waals surface area contributed by atoms with Gasteiger partial charge in [-0.15, -0.1) is 0 Å². The van der Waals surface area contributed by atoms with Gasteiger partial charge in [-0.1, -0.05) is 37.7 Å². The van der Waals surface area contributed by atoms with Gasteiger partial charge in [-0.2, -0.15) is 0 Å². The number of anilines is 1. The van der Waals surface area contributed by atoms with Crippen LogP contribution in [0.4, 0.5) is 5.82 Å². The summed E-state index contributed by atoms with van der Waals surface area (Å²) in [7, 11) is 2.95. The number of nitrogens with one attached hydrogen (secondary N) is 1. The van der Waals surface area contributed by atoms with Crippen LogP contribution >= 0.6 is 11.8 Å². The summed E-state index contributed by atoms with van der Waals surface area (Å²) < 4.78 is 7.24. The zero-order valence-electron chi connectivity index (χ0n) is 17.1. The summed E-state index contributed by atoms with van der Waals surface area (Å²) in [6, 6.07) is 1.60. The highest BCUT2D eigenvalue weighted by molar-refractivity contribution is 8.00. The summed E-state index contributed by atoms with van der Waals surface area (Å²) in [5.41, 5.74) is -1.15. The van der Waals surface area contributed by atoms with E-state index in [2.05, 4.69) is 20.4 Å². The maximum absolute atomic E-state index is 12.8. The predicted octanol–water partition coefficient (Wildman–Crippen LogP) is 1.35. The number of thioether (sulfide) groups is 1. The fourth-order valence-corrected chi connectivity index (χ4v) is 3.42. The Hall–Kier alpha value is -2.95. The first kappa shape index (κ1) is 20.8. The van der Waals surface area contributed by atoms with Crippen LogP contribution in [0.2, 0.25) is 0 Å². The van der Waals surface area contributed by atoms with Crippen molar-refractivity contribution in [3.8, 4) is 0 Å². The summed E-state index contributed by atoms with van der Waals surface area (Å²) in [5.74, 6) is 1.04. The second-order valence-corrected chi connectivity index (χ2v) is 8.63. The maximum atomic E-state index is 12.8. The van der Waals surface area contributed by atoms with Gasteiger partial charge in [0.1, 0.15) is 22.0 Å². The van der Waals surface area contributed by atoms with E-state index in [0.29, 0.717) is 22.4 Å². The van der Waals surface area contributed by atoms with E-state index in [1.54, 1.807) is 20.0 Å². The van der Waals surface area contributed by atoms with Crippen LogP contribution in [0.15, 0.2) is 25.2 Å². The van der Waals surface area contributed by atoms with Crippen molar-refractivity contribution in [2.24, 2.45) is 14.1 Å². The molecule has 0 saturated heterocycles. The molecule has 0 spiro atoms. The van der Waals surface area contributed by atoms with E-state index in [1.165, 1.54) is 11.6 Å². The van der Waals surface area contributed by atoms with Gasteiger partial charge in [-0.3, -0.25) is 18.7 Å². The number of aromatic nitrogens is 5. The molecule has 1 amide bonds. The van der Waals surface area contributed by atoms with E-state index in [9.17, 15) is 14.4 Å². The molecular weight excluding hydrogens is 396 g/mol. The zero-order chi connectivity index (χ0) is 21.5. The molecule has 3 aromatic rings. The van der Waals surface area contributed by atoms with Crippen molar-refractivity contribution in [3.05, 3.63) is 38.5 Å². The number of carbonyl (C=O) groups is 1. The Morgan fingerprint density at radius 1 is 1.21 bits per heavy atom. The van der Waals surface area contributed by atoms with Crippen molar-refractivity contribution >= 4 is 34.5 Å². The van der Waals surface area contributed by atoms with Gasteiger partial charge in [0.2, 0.25) is 5.91 Å². The van der Waals surface area contributed by atoms with Crippen molar-refractivity contribution in [3.63, 3.8) is 0 Å². The third-order valence-electron chi connectivity index (χ3n) is 4.17. The van der Waals surface area contributed by atoms with Gasteiger partial charge in [-0.05, 0) is 6.92 Å². The van der Waals surface area contributed by atoms with E-state index in [1.807, 2.05) is 20.8 Å². The number of nitrogens with zero attached hydrogens (tertiary/aromatic N) is 5. The maximum Gasteiger partial charge on any atom is 0.332 e. The number of carbonyl (C=O) groups excluding carboxylic acids is 1. The number of aryl methyl sites for hydroxylation is 2. The van der Waals surface area contributed by atoms with Crippen molar-refractivity contribution in [2.45, 2.75) is 38.1 Å². The Morgan fingerprint density at radius 3 is 2.48 bits per heavy atom. The van der Waals surface area contributed by atoms with Gasteiger partial charge in [0.05, 0.1) is 5.75 Å². The minimum atomic E-state index is -0.501. The van der Waals surface area contributed by atoms with E-state index in [-0.39, 0.29) is 22.7 Å². The van der Waals surface area contributed by atoms with Crippen molar-refractivity contribution in [1.82, 2.24) is 24.3 Å². The molecule has 0 bridgehead atoms. The quantitative estimate of drug-likeness (QED) is 0.497. The number of hydrogen-bond donors (Lipinski definition) is 1. The van der Waals surface area contributed by atoms with E-state index in [4.69, 9.17) is 4.52 Å². The molecule has 0 unspecified atom stereocenters. The Bertz CT molecular complexity index is 1220. The third-order valence-corrected chi connectivity index (χ3v) is 5.15. The minimum Gasteiger partial charge on any atom is -0.360 e. The topological polar surface area (TPSA) is 125 Å². The summed E-state index contributed by atoms with van der Waals surface area (Å²) in [6.45, 7) is 7.52. The van der Waals surface area contributed by atoms with Gasteiger partial charge in [0.15, 0.2) is 11.5 Å². The Morgan fingerprint density at radius 2 is 1.90 bits per heavy atom. The molecule has 0 saturated carbocycles. The number of hydrogen-bond acceptors (Lipinski definition) is 8. The van der Waals surface area contributed by atoms with Crippen molar-refractivity contribution in [1.29, 1.82) is 0 Å². The van der Waals surface area contributed by atoms with Gasteiger partial charge in [0, 0.05) is 25.6 Å². The number of amides is 1. The molecule has 29 heavy (non-hydrogen) atoms. The van der Waals surface area contributed by atoms with Crippen molar-refractivity contribution in [2.75, 3.05) is 11.1 Å². The molecule has 0 aliphatic rings. The highest BCUT2D eigenvalue weighted by Gasteiger charge is 2.24. The summed E-state index contributed by atoms with van der Waals surface area (Å²) in [4.78, 5) is 46.4. The molecule has 154 valence electrons. The minimum absolute atomic E-state index is 0.00635. The third kappa shape index (κ3) is 4.09. The van der Waals surface area contributed by atoms with E-state index >= 15 is 0 Å². The van der Waals surface area contributed by atoms with Gasteiger partial charge >= 0.3 is 5.69 Å². The van der Waals surface area contributed by atoms with Crippen LogP contribution in [-0.4, -0.2) is 35.9 Å². The first-order valence-corrected chi connectivity index (χ1v) is 9.82. The molecule has 3 rings (SSSR count). The van der Waals surface area contributed by atoms with Gasteiger partial charge < -0.3 is 9.84 Å². The SMILES string of the molecule is Cc1cc(NC(=O)CSc2nc(C(C)(C)C)nc3c2c(=O)n(C)c(=O)n3C)no1. The van der Waals surface area contributed by atoms with Crippen LogP contribution in [0.25, 0.3) is 11.0 Å². The predicted molar refractivity (Wildman–Crippen MR) is 109 cm³/mol. The highest BCUT2D eigenvalue weighted by atomic mass is 32.2. The molecule has 0 fully saturated rings. The molecule has 0 atom stereocenters. The van der Waals surface area contributed by atoms with Crippen molar-refractivity contribution < 1.29 is 9.32 Å². The molecule has 0 aliphatic carbocycles. The second kappa shape index (κ2) is 7.47. The van der Waals surface area contributed by atoms with Gasteiger partial charge in [0.25, 0.3) is 5.56 Å². The molecule has 0 aliphatic heterocycles. The van der Waals surface area contributed by atoms with E-state index in [0.717, 1.165) is 16.3 Å². The molecular formula is C18H22N6O4S. The first-order chi connectivity index (χ1) is 13.5. The fraction of sp³-hybridized carbons (Fsp3) is 0.444. The van der Waals surface area contributed by atoms with Crippen LogP contribution in [0, 0.1) is 6.92 Å². The van der Waals surface area contributed by atoms with Crippen LogP contribution in [0.1, 0.15) is 32.4 Å². The summed E-state index contributed by atoms with van der Waals surface area (Å²) in [5, 5.41) is 6.90. The molecule has 0 aromatic carbocycles. The van der Waals surface area contributed by atoms with E-state index < -0.39 is 16.7 Å². The molecule has 3 heterocycles. The largest absolute Gasteiger partial charge is 0.360 e. The van der Waals surface area contributed by atoms with Crippen LogP contribution in [-0.2, 0) is 24.3 Å². The lowest BCUT2D eigenvalue weighted by Gasteiger charge is -2.19. The monoisotopic (exact) mass is 418 g/mol. The molecule has 1 N–H and O–H groups in total. The summed E-state index contributed by atoms with van der Waals surface area (Å²) in [6.07, 6.45) is 0.